The van der Waals surface area contributed by atoms with Gasteiger partial charge in [0.15, 0.2) is 0 Å². The summed E-state index contributed by atoms with van der Waals surface area (Å²) in [6, 6.07) is 4.87. The molecule has 0 aliphatic heterocycles. The Kier molecular flexibility index (Phi) is 5.11. The van der Waals surface area contributed by atoms with Crippen molar-refractivity contribution >= 4 is 10.0 Å². The van der Waals surface area contributed by atoms with Crippen LogP contribution < -0.4 is 4.72 Å². The Bertz CT molecular complexity index is 469. The number of benzene rings is 1. The van der Waals surface area contributed by atoms with Crippen LogP contribution in [0.2, 0.25) is 0 Å². The molecular weight excluding hydrogens is 238 g/mol. The van der Waals surface area contributed by atoms with Crippen LogP contribution in [0, 0.1) is 0 Å². The molecular formula is C12H19NO3S. The van der Waals surface area contributed by atoms with Gasteiger partial charge in [-0.25, -0.2) is 13.1 Å². The van der Waals surface area contributed by atoms with Crippen molar-refractivity contribution in [3.63, 3.8) is 0 Å². The van der Waals surface area contributed by atoms with Gasteiger partial charge in [-0.1, -0.05) is 19.9 Å². The van der Waals surface area contributed by atoms with E-state index in [1.807, 2.05) is 13.8 Å². The number of nitrogens with one attached hydrogen (secondary N) is 1. The van der Waals surface area contributed by atoms with Crippen LogP contribution in [0.15, 0.2) is 23.1 Å². The second kappa shape index (κ2) is 6.14. The molecule has 17 heavy (non-hydrogen) atoms. The van der Waals surface area contributed by atoms with Gasteiger partial charge in [-0.2, -0.15) is 0 Å². The van der Waals surface area contributed by atoms with Crippen LogP contribution in [0.4, 0.5) is 0 Å². The van der Waals surface area contributed by atoms with Gasteiger partial charge in [0.2, 0.25) is 10.0 Å². The molecule has 1 aromatic rings. The first-order valence-electron chi connectivity index (χ1n) is 5.77. The van der Waals surface area contributed by atoms with Gasteiger partial charge < -0.3 is 5.11 Å². The zero-order chi connectivity index (χ0) is 12.9. The maximum absolute atomic E-state index is 11.9. The fourth-order valence-corrected chi connectivity index (χ4v) is 2.77. The fourth-order valence-electron chi connectivity index (χ4n) is 1.58. The number of rotatable bonds is 6. The number of aliphatic hydroxyl groups excluding tert-OH is 1. The summed E-state index contributed by atoms with van der Waals surface area (Å²) in [4.78, 5) is 0.215. The Labute approximate surface area is 103 Å². The lowest BCUT2D eigenvalue weighted by atomic mass is 10.1. The second-order valence-electron chi connectivity index (χ2n) is 3.84. The smallest absolute Gasteiger partial charge is 0.240 e. The van der Waals surface area contributed by atoms with Gasteiger partial charge in [0.1, 0.15) is 0 Å². The van der Waals surface area contributed by atoms with Crippen LogP contribution >= 0.6 is 0 Å². The van der Waals surface area contributed by atoms with Crippen LogP contribution in [0.25, 0.3) is 0 Å². The highest BCUT2D eigenvalue weighted by molar-refractivity contribution is 7.89. The van der Waals surface area contributed by atoms with E-state index in [4.69, 9.17) is 0 Å². The fraction of sp³-hybridized carbons (Fsp3) is 0.500. The zero-order valence-electron chi connectivity index (χ0n) is 10.2. The zero-order valence-corrected chi connectivity index (χ0v) is 11.0. The normalized spacial score (nSPS) is 11.7. The molecule has 0 heterocycles. The van der Waals surface area contributed by atoms with E-state index in [9.17, 15) is 13.5 Å². The highest BCUT2D eigenvalue weighted by Crippen LogP contribution is 2.16. The molecule has 0 bridgehead atoms. The molecule has 1 rings (SSSR count). The number of hydrogen-bond donors (Lipinski definition) is 2. The summed E-state index contributed by atoms with van der Waals surface area (Å²) in [5.41, 5.74) is 1.65. The number of hydrogen-bond acceptors (Lipinski definition) is 3. The molecule has 0 fully saturated rings. The van der Waals surface area contributed by atoms with Crippen molar-refractivity contribution in [2.24, 2.45) is 0 Å². The second-order valence-corrected chi connectivity index (χ2v) is 5.61. The van der Waals surface area contributed by atoms with Crippen LogP contribution in [0.5, 0.6) is 0 Å². The van der Waals surface area contributed by atoms with Crippen LogP contribution in [0.1, 0.15) is 31.4 Å². The molecule has 0 amide bonds. The third-order valence-corrected chi connectivity index (χ3v) is 4.04. The average molecular weight is 257 g/mol. The quantitative estimate of drug-likeness (QED) is 0.810. The molecule has 0 spiro atoms. The number of sulfonamides is 1. The van der Waals surface area contributed by atoms with Crippen LogP contribution in [-0.2, 0) is 23.1 Å². The lowest BCUT2D eigenvalue weighted by Gasteiger charge is -2.09. The van der Waals surface area contributed by atoms with Crippen molar-refractivity contribution in [3.05, 3.63) is 29.3 Å². The van der Waals surface area contributed by atoms with Gasteiger partial charge in [0.25, 0.3) is 0 Å². The topological polar surface area (TPSA) is 66.4 Å². The van der Waals surface area contributed by atoms with Crippen molar-refractivity contribution in [1.29, 1.82) is 0 Å². The van der Waals surface area contributed by atoms with Gasteiger partial charge >= 0.3 is 0 Å². The first-order chi connectivity index (χ1) is 8.05. The Balaban J connectivity index is 3.07. The van der Waals surface area contributed by atoms with Gasteiger partial charge in [-0.3, -0.25) is 0 Å². The predicted octanol–water partition coefficient (Wildman–Crippen LogP) is 1.43. The molecule has 0 atom stereocenters. The number of aryl methyl sites for hydroxylation is 1. The molecule has 0 saturated heterocycles. The molecule has 0 radical (unpaired) electrons. The maximum Gasteiger partial charge on any atom is 0.240 e. The SMILES string of the molecule is CCCNS(=O)(=O)c1ccc(CC)c(CO)c1. The Hall–Kier alpha value is -0.910. The molecule has 0 aromatic heterocycles. The van der Waals surface area contributed by atoms with E-state index >= 15 is 0 Å². The van der Waals surface area contributed by atoms with Crippen molar-refractivity contribution in [1.82, 2.24) is 4.72 Å². The van der Waals surface area contributed by atoms with E-state index in [0.29, 0.717) is 12.1 Å². The molecule has 4 nitrogen and oxygen atoms in total. The van der Waals surface area contributed by atoms with E-state index in [2.05, 4.69) is 4.72 Å². The maximum atomic E-state index is 11.9. The standard InChI is InChI=1S/C12H19NO3S/c1-3-7-13-17(15,16)12-6-5-10(4-2)11(8-12)9-14/h5-6,8,13-14H,3-4,7,9H2,1-2H3. The molecule has 1 aromatic carbocycles. The van der Waals surface area contributed by atoms with E-state index in [1.165, 1.54) is 6.07 Å². The average Bonchev–Trinajstić information content (AvgIpc) is 2.35. The molecule has 0 aliphatic rings. The van der Waals surface area contributed by atoms with Crippen LogP contribution in [-0.4, -0.2) is 20.1 Å². The summed E-state index contributed by atoms with van der Waals surface area (Å²) >= 11 is 0. The van der Waals surface area contributed by atoms with Gasteiger partial charge in [-0.05, 0) is 36.1 Å². The highest BCUT2D eigenvalue weighted by atomic mass is 32.2. The van der Waals surface area contributed by atoms with Gasteiger partial charge in [-0.15, -0.1) is 0 Å². The van der Waals surface area contributed by atoms with E-state index in [-0.39, 0.29) is 11.5 Å². The Morgan fingerprint density at radius 3 is 2.47 bits per heavy atom. The number of aliphatic hydroxyl groups is 1. The first-order valence-corrected chi connectivity index (χ1v) is 7.25. The van der Waals surface area contributed by atoms with Gasteiger partial charge in [0.05, 0.1) is 11.5 Å². The van der Waals surface area contributed by atoms with Crippen molar-refractivity contribution in [3.8, 4) is 0 Å². The monoisotopic (exact) mass is 257 g/mol. The van der Waals surface area contributed by atoms with E-state index in [1.54, 1.807) is 12.1 Å². The van der Waals surface area contributed by atoms with E-state index in [0.717, 1.165) is 18.4 Å². The molecule has 0 unspecified atom stereocenters. The minimum atomic E-state index is -3.44. The molecule has 2 N–H and O–H groups in total. The summed E-state index contributed by atoms with van der Waals surface area (Å²) < 4.78 is 26.2. The lowest BCUT2D eigenvalue weighted by Crippen LogP contribution is -2.24. The Morgan fingerprint density at radius 1 is 1.24 bits per heavy atom. The van der Waals surface area contributed by atoms with Crippen molar-refractivity contribution in [2.75, 3.05) is 6.54 Å². The summed E-state index contributed by atoms with van der Waals surface area (Å²) in [5.74, 6) is 0. The summed E-state index contributed by atoms with van der Waals surface area (Å²) in [6.45, 7) is 4.16. The lowest BCUT2D eigenvalue weighted by molar-refractivity contribution is 0.280. The summed E-state index contributed by atoms with van der Waals surface area (Å²) in [6.07, 6.45) is 1.53. The third kappa shape index (κ3) is 3.52. The molecule has 5 heteroatoms. The van der Waals surface area contributed by atoms with Gasteiger partial charge in [0, 0.05) is 6.54 Å². The first kappa shape index (κ1) is 14.2. The predicted molar refractivity (Wildman–Crippen MR) is 67.2 cm³/mol. The van der Waals surface area contributed by atoms with Crippen molar-refractivity contribution in [2.45, 2.75) is 38.2 Å². The summed E-state index contributed by atoms with van der Waals surface area (Å²) in [5, 5.41) is 9.20. The molecule has 96 valence electrons. The summed E-state index contributed by atoms with van der Waals surface area (Å²) in [7, 11) is -3.44. The molecule has 0 saturated carbocycles. The third-order valence-electron chi connectivity index (χ3n) is 2.58. The highest BCUT2D eigenvalue weighted by Gasteiger charge is 2.14. The minimum absolute atomic E-state index is 0.139. The van der Waals surface area contributed by atoms with Crippen molar-refractivity contribution < 1.29 is 13.5 Å². The largest absolute Gasteiger partial charge is 0.392 e. The van der Waals surface area contributed by atoms with E-state index < -0.39 is 10.0 Å². The van der Waals surface area contributed by atoms with Crippen LogP contribution in [0.3, 0.4) is 0 Å². The molecule has 0 aliphatic carbocycles. The minimum Gasteiger partial charge on any atom is -0.392 e. The Morgan fingerprint density at radius 2 is 1.94 bits per heavy atom.